The predicted molar refractivity (Wildman–Crippen MR) is 95.0 cm³/mol. The van der Waals surface area contributed by atoms with Crippen molar-refractivity contribution in [2.75, 3.05) is 32.1 Å². The van der Waals surface area contributed by atoms with Crippen LogP contribution in [0, 0.1) is 0 Å². The van der Waals surface area contributed by atoms with Crippen molar-refractivity contribution in [2.24, 2.45) is 0 Å². The quantitative estimate of drug-likeness (QED) is 0.874. The first-order valence-electron chi connectivity index (χ1n) is 7.90. The largest absolute Gasteiger partial charge is 0.371 e. The Balaban J connectivity index is 2.13. The van der Waals surface area contributed by atoms with Crippen molar-refractivity contribution in [1.82, 2.24) is 10.2 Å². The number of halogens is 1. The minimum Gasteiger partial charge on any atom is -0.371 e. The van der Waals surface area contributed by atoms with Crippen molar-refractivity contribution in [1.29, 1.82) is 0 Å². The van der Waals surface area contributed by atoms with Gasteiger partial charge in [-0.25, -0.2) is 0 Å². The van der Waals surface area contributed by atoms with Crippen LogP contribution in [0.4, 0.5) is 5.69 Å². The van der Waals surface area contributed by atoms with Crippen LogP contribution in [0.1, 0.15) is 32.3 Å². The molecular weight excluding hydrogens is 326 g/mol. The molecule has 118 valence electrons. The summed E-state index contributed by atoms with van der Waals surface area (Å²) in [5.41, 5.74) is 2.74. The summed E-state index contributed by atoms with van der Waals surface area (Å²) in [6.07, 6.45) is 2.50. The zero-order valence-corrected chi connectivity index (χ0v) is 15.3. The fraction of sp³-hybridized carbons (Fsp3) is 0.647. The second-order valence-electron chi connectivity index (χ2n) is 6.45. The molecule has 1 aromatic rings. The van der Waals surface area contributed by atoms with Gasteiger partial charge in [-0.2, -0.15) is 0 Å². The Morgan fingerprint density at radius 3 is 2.62 bits per heavy atom. The van der Waals surface area contributed by atoms with E-state index in [2.05, 4.69) is 77.2 Å². The summed E-state index contributed by atoms with van der Waals surface area (Å²) in [6.45, 7) is 7.70. The molecule has 0 aliphatic carbocycles. The summed E-state index contributed by atoms with van der Waals surface area (Å²) in [4.78, 5) is 4.91. The van der Waals surface area contributed by atoms with Gasteiger partial charge in [0.15, 0.2) is 0 Å². The lowest BCUT2D eigenvalue weighted by atomic mass is 10.0. The summed E-state index contributed by atoms with van der Waals surface area (Å²) in [6, 6.07) is 7.81. The molecule has 1 saturated heterocycles. The van der Waals surface area contributed by atoms with Crippen LogP contribution in [0.25, 0.3) is 0 Å². The highest BCUT2D eigenvalue weighted by atomic mass is 79.9. The maximum atomic E-state index is 3.60. The van der Waals surface area contributed by atoms with E-state index in [-0.39, 0.29) is 0 Å². The van der Waals surface area contributed by atoms with E-state index in [0.29, 0.717) is 12.1 Å². The fourth-order valence-corrected chi connectivity index (χ4v) is 3.34. The van der Waals surface area contributed by atoms with Gasteiger partial charge in [-0.15, -0.1) is 0 Å². The van der Waals surface area contributed by atoms with Gasteiger partial charge in [-0.3, -0.25) is 0 Å². The highest BCUT2D eigenvalue weighted by Gasteiger charge is 2.22. The molecule has 0 saturated carbocycles. The molecular formula is C17H28BrN3. The lowest BCUT2D eigenvalue weighted by Crippen LogP contribution is -2.42. The van der Waals surface area contributed by atoms with Gasteiger partial charge in [-0.1, -0.05) is 29.8 Å². The smallest absolute Gasteiger partial charge is 0.0412 e. The number of anilines is 1. The van der Waals surface area contributed by atoms with Gasteiger partial charge in [0, 0.05) is 35.8 Å². The Morgan fingerprint density at radius 2 is 2.00 bits per heavy atom. The first kappa shape index (κ1) is 16.8. The minimum absolute atomic E-state index is 0.505. The molecule has 0 bridgehead atoms. The summed E-state index contributed by atoms with van der Waals surface area (Å²) in [7, 11) is 4.46. The Morgan fingerprint density at radius 1 is 1.33 bits per heavy atom. The maximum absolute atomic E-state index is 3.60. The molecule has 1 heterocycles. The molecule has 1 aliphatic heterocycles. The molecule has 1 N–H and O–H groups in total. The normalized spacial score (nSPS) is 17.4. The SMILES string of the molecule is CC(C)NCc1cc(Br)ccc1N(C)C1CCN(C)CC1. The Labute approximate surface area is 137 Å². The van der Waals surface area contributed by atoms with Gasteiger partial charge in [0.2, 0.25) is 0 Å². The first-order valence-corrected chi connectivity index (χ1v) is 8.70. The van der Waals surface area contributed by atoms with E-state index in [1.165, 1.54) is 37.2 Å². The van der Waals surface area contributed by atoms with Crippen LogP contribution >= 0.6 is 15.9 Å². The molecule has 0 aromatic heterocycles. The molecule has 1 aromatic carbocycles. The molecule has 1 fully saturated rings. The van der Waals surface area contributed by atoms with Gasteiger partial charge >= 0.3 is 0 Å². The average Bonchev–Trinajstić information content (AvgIpc) is 2.45. The van der Waals surface area contributed by atoms with Crippen LogP contribution in [-0.2, 0) is 6.54 Å². The van der Waals surface area contributed by atoms with E-state index < -0.39 is 0 Å². The molecule has 0 radical (unpaired) electrons. The molecule has 21 heavy (non-hydrogen) atoms. The van der Waals surface area contributed by atoms with E-state index in [1.54, 1.807) is 0 Å². The number of nitrogens with zero attached hydrogens (tertiary/aromatic N) is 2. The highest BCUT2D eigenvalue weighted by Crippen LogP contribution is 2.28. The number of hydrogen-bond acceptors (Lipinski definition) is 3. The molecule has 0 atom stereocenters. The number of piperidine rings is 1. The third-order valence-electron chi connectivity index (χ3n) is 4.36. The molecule has 1 aliphatic rings. The Bertz CT molecular complexity index is 453. The van der Waals surface area contributed by atoms with Crippen molar-refractivity contribution in [2.45, 2.75) is 45.3 Å². The number of likely N-dealkylation sites (tertiary alicyclic amines) is 1. The Hall–Kier alpha value is -0.580. The van der Waals surface area contributed by atoms with Gasteiger partial charge in [-0.05, 0) is 56.7 Å². The molecule has 0 amide bonds. The van der Waals surface area contributed by atoms with Crippen LogP contribution < -0.4 is 10.2 Å². The fourth-order valence-electron chi connectivity index (χ4n) is 2.93. The topological polar surface area (TPSA) is 18.5 Å². The maximum Gasteiger partial charge on any atom is 0.0412 e. The zero-order valence-electron chi connectivity index (χ0n) is 13.7. The molecule has 4 heteroatoms. The zero-order chi connectivity index (χ0) is 15.4. The average molecular weight is 354 g/mol. The lowest BCUT2D eigenvalue weighted by Gasteiger charge is -2.37. The van der Waals surface area contributed by atoms with E-state index >= 15 is 0 Å². The van der Waals surface area contributed by atoms with Crippen molar-refractivity contribution in [3.05, 3.63) is 28.2 Å². The van der Waals surface area contributed by atoms with Crippen molar-refractivity contribution in [3.63, 3.8) is 0 Å². The summed E-state index contributed by atoms with van der Waals surface area (Å²) >= 11 is 3.60. The Kier molecular flexibility index (Phi) is 6.08. The molecule has 0 spiro atoms. The van der Waals surface area contributed by atoms with Crippen LogP contribution in [0.2, 0.25) is 0 Å². The third-order valence-corrected chi connectivity index (χ3v) is 4.85. The second-order valence-corrected chi connectivity index (χ2v) is 7.37. The molecule has 2 rings (SSSR count). The number of benzene rings is 1. The van der Waals surface area contributed by atoms with Gasteiger partial charge in [0.25, 0.3) is 0 Å². The van der Waals surface area contributed by atoms with Gasteiger partial charge in [0.1, 0.15) is 0 Å². The minimum atomic E-state index is 0.505. The number of hydrogen-bond donors (Lipinski definition) is 1. The standard InChI is InChI=1S/C17H28BrN3/c1-13(2)19-12-14-11-15(18)5-6-17(14)21(4)16-7-9-20(3)10-8-16/h5-6,11,13,16,19H,7-10,12H2,1-4H3. The highest BCUT2D eigenvalue weighted by molar-refractivity contribution is 9.10. The van der Waals surface area contributed by atoms with Crippen molar-refractivity contribution in [3.8, 4) is 0 Å². The molecule has 3 nitrogen and oxygen atoms in total. The number of nitrogens with one attached hydrogen (secondary N) is 1. The van der Waals surface area contributed by atoms with Gasteiger partial charge in [0.05, 0.1) is 0 Å². The van der Waals surface area contributed by atoms with E-state index in [0.717, 1.165) is 11.0 Å². The second kappa shape index (κ2) is 7.61. The summed E-state index contributed by atoms with van der Waals surface area (Å²) in [5.74, 6) is 0. The van der Waals surface area contributed by atoms with Crippen LogP contribution in [0.15, 0.2) is 22.7 Å². The first-order chi connectivity index (χ1) is 9.97. The number of rotatable bonds is 5. The summed E-state index contributed by atoms with van der Waals surface area (Å²) < 4.78 is 1.16. The van der Waals surface area contributed by atoms with Crippen molar-refractivity contribution >= 4 is 21.6 Å². The van der Waals surface area contributed by atoms with Crippen LogP contribution in [0.5, 0.6) is 0 Å². The van der Waals surface area contributed by atoms with Crippen molar-refractivity contribution < 1.29 is 0 Å². The monoisotopic (exact) mass is 353 g/mol. The van der Waals surface area contributed by atoms with Crippen LogP contribution in [0.3, 0.4) is 0 Å². The van der Waals surface area contributed by atoms with Gasteiger partial charge < -0.3 is 15.1 Å². The van der Waals surface area contributed by atoms with E-state index in [1.807, 2.05) is 0 Å². The predicted octanol–water partition coefficient (Wildman–Crippen LogP) is 3.48. The molecule has 0 unspecified atom stereocenters. The third kappa shape index (κ3) is 4.70. The van der Waals surface area contributed by atoms with E-state index in [4.69, 9.17) is 0 Å². The van der Waals surface area contributed by atoms with Crippen LogP contribution in [-0.4, -0.2) is 44.2 Å². The summed E-state index contributed by atoms with van der Waals surface area (Å²) in [5, 5.41) is 3.54. The van der Waals surface area contributed by atoms with E-state index in [9.17, 15) is 0 Å². The lowest BCUT2D eigenvalue weighted by molar-refractivity contribution is 0.252.